The van der Waals surface area contributed by atoms with Crippen molar-refractivity contribution in [3.05, 3.63) is 101 Å². The summed E-state index contributed by atoms with van der Waals surface area (Å²) in [5, 5.41) is 20.4. The molecule has 1 saturated heterocycles. The number of hydrogen-bond donors (Lipinski definition) is 1. The molecule has 0 bridgehead atoms. The fourth-order valence-electron chi connectivity index (χ4n) is 4.59. The summed E-state index contributed by atoms with van der Waals surface area (Å²) < 4.78 is 12.2. The summed E-state index contributed by atoms with van der Waals surface area (Å²) in [5.41, 5.74) is 2.17. The van der Waals surface area contributed by atoms with Crippen molar-refractivity contribution in [1.29, 1.82) is 0 Å². The number of amides is 1. The van der Waals surface area contributed by atoms with E-state index < -0.39 is 17.7 Å². The molecule has 43 heavy (non-hydrogen) atoms. The van der Waals surface area contributed by atoms with Crippen LogP contribution < -0.4 is 14.4 Å². The van der Waals surface area contributed by atoms with E-state index in [-0.39, 0.29) is 16.5 Å². The lowest BCUT2D eigenvalue weighted by Gasteiger charge is -2.22. The van der Waals surface area contributed by atoms with E-state index in [9.17, 15) is 14.7 Å². The second kappa shape index (κ2) is 14.3. The predicted molar refractivity (Wildman–Crippen MR) is 170 cm³/mol. The van der Waals surface area contributed by atoms with Crippen LogP contribution in [0.3, 0.4) is 0 Å². The molecule has 1 N–H and O–H groups in total. The highest BCUT2D eigenvalue weighted by atomic mass is 32.2. The number of nitrogens with zero attached hydrogens (tertiary/aromatic N) is 3. The molecular formula is C33H33N3O5S2. The first-order valence-corrected chi connectivity index (χ1v) is 16.1. The molecule has 1 amide bonds. The molecule has 1 unspecified atom stereocenters. The van der Waals surface area contributed by atoms with Crippen LogP contribution >= 0.6 is 23.1 Å². The minimum absolute atomic E-state index is 0.0134. The summed E-state index contributed by atoms with van der Waals surface area (Å²) in [6.07, 6.45) is 2.82. The van der Waals surface area contributed by atoms with Crippen LogP contribution in [0.15, 0.2) is 88.8 Å². The summed E-state index contributed by atoms with van der Waals surface area (Å²) in [6, 6.07) is 23.2. The summed E-state index contributed by atoms with van der Waals surface area (Å²) in [5.74, 6) is 0.213. The largest absolute Gasteiger partial charge is 0.507 e. The average Bonchev–Trinajstić information content (AvgIpc) is 3.61. The lowest BCUT2D eigenvalue weighted by atomic mass is 9.95. The molecule has 4 aromatic rings. The first-order chi connectivity index (χ1) is 21.0. The molecule has 3 aromatic carbocycles. The first kappa shape index (κ1) is 30.3. The molecule has 0 spiro atoms. The number of anilines is 1. The van der Waals surface area contributed by atoms with Gasteiger partial charge in [-0.2, -0.15) is 0 Å². The molecule has 0 saturated carbocycles. The standard InChI is InChI=1S/C33H33N3O5S2/c1-3-5-20-41-26-17-13-24(14-18-26)29(37)27-28(23-11-15-25(16-12-23)40-19-4-2)36(31(39)30(27)38)32-34-35-33(43-32)42-21-22-9-7-6-8-10-22/h6-18,28,37H,3-5,19-21H2,1-2H3/b29-27-. The molecule has 222 valence electrons. The van der Waals surface area contributed by atoms with E-state index in [1.165, 1.54) is 28.0 Å². The maximum absolute atomic E-state index is 13.6. The number of ketones is 1. The Balaban J connectivity index is 1.49. The van der Waals surface area contributed by atoms with Crippen molar-refractivity contribution < 1.29 is 24.2 Å². The maximum atomic E-state index is 13.6. The zero-order valence-corrected chi connectivity index (χ0v) is 25.7. The van der Waals surface area contributed by atoms with E-state index in [1.54, 1.807) is 48.5 Å². The highest BCUT2D eigenvalue weighted by Gasteiger charge is 2.48. The van der Waals surface area contributed by atoms with Gasteiger partial charge >= 0.3 is 5.91 Å². The highest BCUT2D eigenvalue weighted by molar-refractivity contribution is 8.00. The monoisotopic (exact) mass is 615 g/mol. The molecule has 1 aliphatic heterocycles. The van der Waals surface area contributed by atoms with Crippen molar-refractivity contribution in [1.82, 2.24) is 10.2 Å². The van der Waals surface area contributed by atoms with Gasteiger partial charge in [-0.25, -0.2) is 0 Å². The third kappa shape index (κ3) is 7.09. The Morgan fingerprint density at radius 2 is 1.56 bits per heavy atom. The van der Waals surface area contributed by atoms with Crippen LogP contribution in [0.1, 0.15) is 55.8 Å². The van der Waals surface area contributed by atoms with Crippen LogP contribution in [0.4, 0.5) is 5.13 Å². The molecular weight excluding hydrogens is 583 g/mol. The molecule has 1 aliphatic rings. The van der Waals surface area contributed by atoms with Crippen LogP contribution in [0.5, 0.6) is 11.5 Å². The molecule has 0 aliphatic carbocycles. The smallest absolute Gasteiger partial charge is 0.301 e. The van der Waals surface area contributed by atoms with E-state index in [0.717, 1.165) is 24.8 Å². The predicted octanol–water partition coefficient (Wildman–Crippen LogP) is 7.42. The van der Waals surface area contributed by atoms with Crippen LogP contribution in [-0.4, -0.2) is 40.2 Å². The van der Waals surface area contributed by atoms with Gasteiger partial charge < -0.3 is 14.6 Å². The Labute approximate surface area is 259 Å². The van der Waals surface area contributed by atoms with Crippen molar-refractivity contribution in [3.8, 4) is 11.5 Å². The van der Waals surface area contributed by atoms with E-state index in [1.807, 2.05) is 37.3 Å². The molecule has 1 fully saturated rings. The quantitative estimate of drug-likeness (QED) is 0.0414. The fraction of sp³-hybridized carbons (Fsp3) is 0.273. The Bertz CT molecular complexity index is 1570. The van der Waals surface area contributed by atoms with Crippen molar-refractivity contribution in [2.75, 3.05) is 18.1 Å². The van der Waals surface area contributed by atoms with Gasteiger partial charge in [-0.15, -0.1) is 10.2 Å². The van der Waals surface area contributed by atoms with E-state index in [0.29, 0.717) is 45.9 Å². The van der Waals surface area contributed by atoms with Gasteiger partial charge in [0.05, 0.1) is 24.8 Å². The van der Waals surface area contributed by atoms with Gasteiger partial charge in [0.1, 0.15) is 17.3 Å². The first-order valence-electron chi connectivity index (χ1n) is 14.3. The Morgan fingerprint density at radius 1 is 0.884 bits per heavy atom. The third-order valence-corrected chi connectivity index (χ3v) is 8.94. The average molecular weight is 616 g/mol. The van der Waals surface area contributed by atoms with Crippen molar-refractivity contribution >= 4 is 45.7 Å². The number of rotatable bonds is 13. The van der Waals surface area contributed by atoms with Gasteiger partial charge in [0.15, 0.2) is 4.34 Å². The fourth-order valence-corrected chi connectivity index (χ4v) is 6.41. The number of unbranched alkanes of at least 4 members (excludes halogenated alkanes) is 1. The second-order valence-electron chi connectivity index (χ2n) is 9.94. The van der Waals surface area contributed by atoms with Gasteiger partial charge in [-0.05, 0) is 60.4 Å². The van der Waals surface area contributed by atoms with E-state index in [4.69, 9.17) is 9.47 Å². The van der Waals surface area contributed by atoms with Gasteiger partial charge in [0, 0.05) is 11.3 Å². The number of Topliss-reactive ketones (excluding diaryl/α,β-unsaturated/α-hetero) is 1. The molecule has 8 nitrogen and oxygen atoms in total. The number of aliphatic hydroxyl groups excluding tert-OH is 1. The maximum Gasteiger partial charge on any atom is 0.301 e. The van der Waals surface area contributed by atoms with Gasteiger partial charge in [0.25, 0.3) is 5.78 Å². The molecule has 1 aromatic heterocycles. The number of aliphatic hydroxyl groups is 1. The number of ether oxygens (including phenoxy) is 2. The SMILES string of the molecule is CCCCOc1ccc(/C(O)=C2/C(=O)C(=O)N(c3nnc(SCc4ccccc4)s3)C2c2ccc(OCCC)cc2)cc1. The Morgan fingerprint density at radius 3 is 2.23 bits per heavy atom. The number of hydrogen-bond acceptors (Lipinski definition) is 9. The molecule has 1 atom stereocenters. The zero-order chi connectivity index (χ0) is 30.2. The topological polar surface area (TPSA) is 102 Å². The molecule has 0 radical (unpaired) electrons. The normalized spacial score (nSPS) is 16.0. The van der Waals surface area contributed by atoms with Crippen LogP contribution in [0.2, 0.25) is 0 Å². The number of carbonyl (C=O) groups excluding carboxylic acids is 2. The lowest BCUT2D eigenvalue weighted by molar-refractivity contribution is -0.132. The number of aromatic nitrogens is 2. The molecule has 2 heterocycles. The van der Waals surface area contributed by atoms with Gasteiger partial charge in [-0.1, -0.05) is 85.8 Å². The highest BCUT2D eigenvalue weighted by Crippen LogP contribution is 2.44. The summed E-state index contributed by atoms with van der Waals surface area (Å²) in [6.45, 7) is 5.29. The number of carbonyl (C=O) groups is 2. The minimum Gasteiger partial charge on any atom is -0.507 e. The third-order valence-electron chi connectivity index (χ3n) is 6.81. The van der Waals surface area contributed by atoms with Crippen molar-refractivity contribution in [2.24, 2.45) is 0 Å². The summed E-state index contributed by atoms with van der Waals surface area (Å²) >= 11 is 2.74. The van der Waals surface area contributed by atoms with E-state index in [2.05, 4.69) is 17.1 Å². The Hall–Kier alpha value is -4.15. The van der Waals surface area contributed by atoms with Gasteiger partial charge in [-0.3, -0.25) is 14.5 Å². The van der Waals surface area contributed by atoms with Crippen molar-refractivity contribution in [2.45, 2.75) is 49.2 Å². The minimum atomic E-state index is -0.902. The summed E-state index contributed by atoms with van der Waals surface area (Å²) in [4.78, 5) is 28.4. The lowest BCUT2D eigenvalue weighted by Crippen LogP contribution is -2.29. The molecule has 5 rings (SSSR count). The summed E-state index contributed by atoms with van der Waals surface area (Å²) in [7, 11) is 0. The molecule has 10 heteroatoms. The van der Waals surface area contributed by atoms with Crippen LogP contribution in [0, 0.1) is 0 Å². The van der Waals surface area contributed by atoms with E-state index >= 15 is 0 Å². The van der Waals surface area contributed by atoms with Crippen molar-refractivity contribution in [3.63, 3.8) is 0 Å². The number of thioether (sulfide) groups is 1. The second-order valence-corrected chi connectivity index (χ2v) is 12.1. The van der Waals surface area contributed by atoms with Crippen LogP contribution in [0.25, 0.3) is 5.76 Å². The number of benzene rings is 3. The Kier molecular flexibility index (Phi) is 10.1. The van der Waals surface area contributed by atoms with Crippen LogP contribution in [-0.2, 0) is 15.3 Å². The zero-order valence-electron chi connectivity index (χ0n) is 24.1. The van der Waals surface area contributed by atoms with Gasteiger partial charge in [0.2, 0.25) is 5.13 Å².